The third-order valence-corrected chi connectivity index (χ3v) is 10.2. The molecule has 0 radical (unpaired) electrons. The van der Waals surface area contributed by atoms with Gasteiger partial charge >= 0.3 is 0 Å². The summed E-state index contributed by atoms with van der Waals surface area (Å²) in [4.78, 5) is 1.44. The SMILES string of the molecule is CC1(C)c2sccc2-n2c3ccc(-c4ccc(-n5c6ccccc6c6ccccc65)cc4)cc3c3cccc1c32. The molecular formula is C37H26N2S. The Hall–Kier alpha value is -4.60. The van der Waals surface area contributed by atoms with Gasteiger partial charge in [0.05, 0.1) is 27.8 Å². The topological polar surface area (TPSA) is 9.86 Å². The fourth-order valence-electron chi connectivity index (χ4n) is 7.08. The summed E-state index contributed by atoms with van der Waals surface area (Å²) in [6.45, 7) is 4.73. The minimum atomic E-state index is -0.00113. The lowest BCUT2D eigenvalue weighted by molar-refractivity contribution is 0.646. The van der Waals surface area contributed by atoms with Gasteiger partial charge < -0.3 is 9.13 Å². The molecule has 2 nitrogen and oxygen atoms in total. The van der Waals surface area contributed by atoms with E-state index >= 15 is 0 Å². The first-order valence-electron chi connectivity index (χ1n) is 13.9. The van der Waals surface area contributed by atoms with Crippen LogP contribution in [0, 0.1) is 0 Å². The average molecular weight is 531 g/mol. The molecular weight excluding hydrogens is 504 g/mol. The molecule has 40 heavy (non-hydrogen) atoms. The smallest absolute Gasteiger partial charge is 0.0610 e. The van der Waals surface area contributed by atoms with E-state index in [0.29, 0.717) is 0 Å². The molecule has 3 heteroatoms. The highest BCUT2D eigenvalue weighted by Crippen LogP contribution is 2.49. The normalized spacial score (nSPS) is 13.9. The van der Waals surface area contributed by atoms with Crippen LogP contribution in [0.5, 0.6) is 0 Å². The first-order chi connectivity index (χ1) is 19.6. The number of nitrogens with zero attached hydrogens (tertiary/aromatic N) is 2. The first-order valence-corrected chi connectivity index (χ1v) is 14.7. The van der Waals surface area contributed by atoms with E-state index < -0.39 is 0 Å². The lowest BCUT2D eigenvalue weighted by atomic mass is 9.79. The Labute approximate surface area is 236 Å². The predicted molar refractivity (Wildman–Crippen MR) is 171 cm³/mol. The van der Waals surface area contributed by atoms with Gasteiger partial charge in [-0.1, -0.05) is 86.6 Å². The Morgan fingerprint density at radius 3 is 1.95 bits per heavy atom. The van der Waals surface area contributed by atoms with Gasteiger partial charge in [0.1, 0.15) is 0 Å². The van der Waals surface area contributed by atoms with Crippen molar-refractivity contribution >= 4 is 54.9 Å². The van der Waals surface area contributed by atoms with E-state index in [1.807, 2.05) is 11.3 Å². The summed E-state index contributed by atoms with van der Waals surface area (Å²) in [5, 5.41) is 7.47. The molecule has 0 saturated carbocycles. The van der Waals surface area contributed by atoms with Gasteiger partial charge in [-0.3, -0.25) is 0 Å². The number of fused-ring (bicyclic) bond motifs is 8. The Balaban J connectivity index is 1.22. The van der Waals surface area contributed by atoms with E-state index in [9.17, 15) is 0 Å². The lowest BCUT2D eigenvalue weighted by Gasteiger charge is -2.32. The summed E-state index contributed by atoms with van der Waals surface area (Å²) < 4.78 is 4.87. The van der Waals surface area contributed by atoms with Crippen molar-refractivity contribution in [3.8, 4) is 22.5 Å². The highest BCUT2D eigenvalue weighted by atomic mass is 32.1. The number of para-hydroxylation sites is 3. The van der Waals surface area contributed by atoms with Gasteiger partial charge in [0.25, 0.3) is 0 Å². The molecule has 1 aliphatic rings. The molecule has 9 rings (SSSR count). The first kappa shape index (κ1) is 22.2. The van der Waals surface area contributed by atoms with Crippen LogP contribution in [-0.2, 0) is 5.41 Å². The second-order valence-corrected chi connectivity index (χ2v) is 12.4. The Morgan fingerprint density at radius 2 is 1.20 bits per heavy atom. The van der Waals surface area contributed by atoms with Crippen LogP contribution in [0.1, 0.15) is 24.3 Å². The van der Waals surface area contributed by atoms with Gasteiger partial charge in [-0.25, -0.2) is 0 Å². The maximum Gasteiger partial charge on any atom is 0.0610 e. The van der Waals surface area contributed by atoms with E-state index in [0.717, 1.165) is 0 Å². The maximum absolute atomic E-state index is 2.49. The zero-order chi connectivity index (χ0) is 26.6. The number of benzene rings is 5. The number of hydrogen-bond acceptors (Lipinski definition) is 1. The molecule has 0 bridgehead atoms. The second-order valence-electron chi connectivity index (χ2n) is 11.4. The van der Waals surface area contributed by atoms with Crippen molar-refractivity contribution in [2.24, 2.45) is 0 Å². The maximum atomic E-state index is 2.49. The van der Waals surface area contributed by atoms with Gasteiger partial charge in [-0.2, -0.15) is 0 Å². The molecule has 0 N–H and O–H groups in total. The van der Waals surface area contributed by atoms with Gasteiger partial charge in [0.15, 0.2) is 0 Å². The van der Waals surface area contributed by atoms with Crippen molar-refractivity contribution in [2.45, 2.75) is 19.3 Å². The van der Waals surface area contributed by atoms with Crippen molar-refractivity contribution in [1.29, 1.82) is 0 Å². The van der Waals surface area contributed by atoms with E-state index in [4.69, 9.17) is 0 Å². The van der Waals surface area contributed by atoms with Gasteiger partial charge in [-0.05, 0) is 64.5 Å². The second kappa shape index (κ2) is 7.74. The van der Waals surface area contributed by atoms with E-state index in [-0.39, 0.29) is 5.41 Å². The van der Waals surface area contributed by atoms with Gasteiger partial charge in [0, 0.05) is 37.5 Å². The van der Waals surface area contributed by atoms with E-state index in [1.54, 1.807) is 0 Å². The van der Waals surface area contributed by atoms with Crippen LogP contribution in [0.15, 0.2) is 121 Å². The van der Waals surface area contributed by atoms with Crippen molar-refractivity contribution < 1.29 is 0 Å². The molecule has 190 valence electrons. The quantitative estimate of drug-likeness (QED) is 0.210. The molecule has 0 unspecified atom stereocenters. The van der Waals surface area contributed by atoms with Crippen molar-refractivity contribution in [3.63, 3.8) is 0 Å². The third-order valence-electron chi connectivity index (χ3n) is 8.95. The molecule has 5 aromatic carbocycles. The fraction of sp³-hybridized carbons (Fsp3) is 0.0811. The standard InChI is InChI=1S/C37H26N2S/c1-37(2)30-11-7-10-28-29-22-24(16-19-33(29)39(35(28)30)34-20-21-40-36(34)37)23-14-17-25(18-15-23)38-31-12-5-3-8-26(31)27-9-4-6-13-32(27)38/h3-22H,1-2H3. The summed E-state index contributed by atoms with van der Waals surface area (Å²) in [5.74, 6) is 0. The third kappa shape index (κ3) is 2.78. The van der Waals surface area contributed by atoms with Crippen LogP contribution >= 0.6 is 11.3 Å². The number of hydrogen-bond donors (Lipinski definition) is 0. The highest BCUT2D eigenvalue weighted by molar-refractivity contribution is 7.10. The number of rotatable bonds is 2. The molecule has 0 aliphatic carbocycles. The fourth-order valence-corrected chi connectivity index (χ4v) is 8.09. The molecule has 0 saturated heterocycles. The Morgan fingerprint density at radius 1 is 0.550 bits per heavy atom. The van der Waals surface area contributed by atoms with Crippen LogP contribution in [-0.4, -0.2) is 9.13 Å². The summed E-state index contributed by atoms with van der Waals surface area (Å²) in [6, 6.07) is 42.5. The molecule has 3 aromatic heterocycles. The van der Waals surface area contributed by atoms with Crippen LogP contribution in [0.2, 0.25) is 0 Å². The Kier molecular flexibility index (Phi) is 4.31. The molecule has 4 heterocycles. The lowest BCUT2D eigenvalue weighted by Crippen LogP contribution is -2.24. The molecule has 1 aliphatic heterocycles. The summed E-state index contributed by atoms with van der Waals surface area (Å²) in [5.41, 5.74) is 11.5. The van der Waals surface area contributed by atoms with Crippen molar-refractivity contribution in [2.75, 3.05) is 0 Å². The minimum Gasteiger partial charge on any atom is -0.309 e. The molecule has 0 amide bonds. The summed E-state index contributed by atoms with van der Waals surface area (Å²) >= 11 is 1.87. The van der Waals surface area contributed by atoms with Crippen LogP contribution in [0.3, 0.4) is 0 Å². The Bertz CT molecular complexity index is 2240. The molecule has 0 fully saturated rings. The largest absolute Gasteiger partial charge is 0.309 e. The zero-order valence-corrected chi connectivity index (χ0v) is 23.2. The van der Waals surface area contributed by atoms with Crippen molar-refractivity contribution in [1.82, 2.24) is 9.13 Å². The molecule has 8 aromatic rings. The number of thiophene rings is 1. The average Bonchev–Trinajstić information content (AvgIpc) is 3.70. The molecule has 0 spiro atoms. The van der Waals surface area contributed by atoms with Gasteiger partial charge in [-0.15, -0.1) is 11.3 Å². The van der Waals surface area contributed by atoms with Gasteiger partial charge in [0.2, 0.25) is 0 Å². The predicted octanol–water partition coefficient (Wildman–Crippen LogP) is 10.2. The zero-order valence-electron chi connectivity index (χ0n) is 22.3. The molecule has 0 atom stereocenters. The number of aromatic nitrogens is 2. The van der Waals surface area contributed by atoms with Crippen molar-refractivity contribution in [3.05, 3.63) is 131 Å². The minimum absolute atomic E-state index is 0.00113. The van der Waals surface area contributed by atoms with E-state index in [2.05, 4.69) is 144 Å². The van der Waals surface area contributed by atoms with E-state index in [1.165, 1.54) is 76.6 Å². The monoisotopic (exact) mass is 530 g/mol. The van der Waals surface area contributed by atoms with Crippen LogP contribution < -0.4 is 0 Å². The van der Waals surface area contributed by atoms with Crippen LogP contribution in [0.25, 0.3) is 66.1 Å². The highest BCUT2D eigenvalue weighted by Gasteiger charge is 2.36. The summed E-state index contributed by atoms with van der Waals surface area (Å²) in [6.07, 6.45) is 0. The summed E-state index contributed by atoms with van der Waals surface area (Å²) in [7, 11) is 0. The van der Waals surface area contributed by atoms with Crippen LogP contribution in [0.4, 0.5) is 0 Å².